The molecule has 0 heterocycles. The first-order valence-electron chi connectivity index (χ1n) is 7.08. The van der Waals surface area contributed by atoms with Gasteiger partial charge < -0.3 is 24.6 Å². The summed E-state index contributed by atoms with van der Waals surface area (Å²) in [5, 5.41) is 12.3. The quantitative estimate of drug-likeness (QED) is 0.682. The summed E-state index contributed by atoms with van der Waals surface area (Å²) in [6.07, 6.45) is 0.531. The van der Waals surface area contributed by atoms with Crippen LogP contribution in [0, 0.1) is 5.41 Å². The lowest BCUT2D eigenvalue weighted by Gasteiger charge is -2.20. The average molecular weight is 311 g/mol. The van der Waals surface area contributed by atoms with E-state index in [1.54, 1.807) is 47.3 Å². The Labute approximate surface area is 131 Å². The van der Waals surface area contributed by atoms with E-state index in [4.69, 9.17) is 19.3 Å². The van der Waals surface area contributed by atoms with E-state index in [-0.39, 0.29) is 0 Å². The second-order valence-electron chi connectivity index (χ2n) is 5.63. The van der Waals surface area contributed by atoms with Crippen molar-refractivity contribution in [2.75, 3.05) is 27.9 Å². The van der Waals surface area contributed by atoms with Crippen LogP contribution in [0.5, 0.6) is 17.2 Å². The number of carbonyl (C=O) groups is 1. The molecule has 1 rings (SSSR count). The van der Waals surface area contributed by atoms with E-state index in [0.717, 1.165) is 5.56 Å². The fraction of sp³-hybridized carbons (Fsp3) is 0.562. The molecule has 0 aliphatic carbocycles. The second kappa shape index (κ2) is 7.89. The average Bonchev–Trinajstić information content (AvgIpc) is 2.50. The van der Waals surface area contributed by atoms with Crippen molar-refractivity contribution < 1.29 is 24.1 Å². The molecule has 0 bridgehead atoms. The number of carboxylic acid groups (broad SMARTS) is 1. The molecule has 6 heteroatoms. The lowest BCUT2D eigenvalue weighted by Crippen LogP contribution is -2.29. The number of aliphatic carboxylic acids is 1. The number of carboxylic acids is 1. The van der Waals surface area contributed by atoms with Gasteiger partial charge in [-0.3, -0.25) is 4.79 Å². The summed E-state index contributed by atoms with van der Waals surface area (Å²) in [5.41, 5.74) is 0.125. The standard InChI is InChI=1S/C16H25NO5/c1-16(2,15(18)19)6-7-17-10-12-13(21-4)8-11(20-3)9-14(12)22-5/h8-9,17H,6-7,10H2,1-5H3,(H,18,19). The van der Waals surface area contributed by atoms with Crippen LogP contribution in [0.25, 0.3) is 0 Å². The second-order valence-corrected chi connectivity index (χ2v) is 5.63. The lowest BCUT2D eigenvalue weighted by molar-refractivity contribution is -0.147. The predicted molar refractivity (Wildman–Crippen MR) is 83.8 cm³/mol. The maximum absolute atomic E-state index is 11.1. The van der Waals surface area contributed by atoms with E-state index < -0.39 is 11.4 Å². The first-order chi connectivity index (χ1) is 10.4. The molecule has 6 nitrogen and oxygen atoms in total. The fourth-order valence-corrected chi connectivity index (χ4v) is 1.97. The molecule has 0 atom stereocenters. The molecule has 0 unspecified atom stereocenters. The fourth-order valence-electron chi connectivity index (χ4n) is 1.97. The van der Waals surface area contributed by atoms with Gasteiger partial charge in [0.2, 0.25) is 0 Å². The summed E-state index contributed by atoms with van der Waals surface area (Å²) in [6, 6.07) is 3.58. The molecule has 0 aliphatic heterocycles. The number of nitrogens with one attached hydrogen (secondary N) is 1. The molecule has 22 heavy (non-hydrogen) atoms. The van der Waals surface area contributed by atoms with Gasteiger partial charge in [0, 0.05) is 18.7 Å². The van der Waals surface area contributed by atoms with Gasteiger partial charge in [0.05, 0.1) is 32.3 Å². The number of methoxy groups -OCH3 is 3. The molecule has 0 aromatic heterocycles. The van der Waals surface area contributed by atoms with E-state index in [1.807, 2.05) is 0 Å². The Balaban J connectivity index is 2.75. The van der Waals surface area contributed by atoms with Crippen molar-refractivity contribution >= 4 is 5.97 Å². The van der Waals surface area contributed by atoms with Crippen LogP contribution in [0.2, 0.25) is 0 Å². The largest absolute Gasteiger partial charge is 0.496 e. The lowest BCUT2D eigenvalue weighted by atomic mass is 9.90. The van der Waals surface area contributed by atoms with Crippen molar-refractivity contribution in [3.8, 4) is 17.2 Å². The zero-order valence-electron chi connectivity index (χ0n) is 13.9. The van der Waals surface area contributed by atoms with Crippen LogP contribution < -0.4 is 19.5 Å². The molecular formula is C16H25NO5. The summed E-state index contributed by atoms with van der Waals surface area (Å²) in [7, 11) is 4.76. The molecule has 0 saturated carbocycles. The summed E-state index contributed by atoms with van der Waals surface area (Å²) < 4.78 is 15.9. The summed E-state index contributed by atoms with van der Waals surface area (Å²) in [5.74, 6) is 1.20. The van der Waals surface area contributed by atoms with Crippen molar-refractivity contribution in [2.24, 2.45) is 5.41 Å². The predicted octanol–water partition coefficient (Wildman–Crippen LogP) is 2.30. The molecule has 1 aromatic carbocycles. The van der Waals surface area contributed by atoms with Crippen LogP contribution in [-0.4, -0.2) is 38.9 Å². The summed E-state index contributed by atoms with van der Waals surface area (Å²) in [4.78, 5) is 11.1. The highest BCUT2D eigenvalue weighted by Gasteiger charge is 2.26. The molecule has 0 aliphatic rings. The Morgan fingerprint density at radius 2 is 1.68 bits per heavy atom. The third-order valence-electron chi connectivity index (χ3n) is 3.62. The van der Waals surface area contributed by atoms with Gasteiger partial charge in [-0.15, -0.1) is 0 Å². The van der Waals surface area contributed by atoms with Crippen LogP contribution in [0.4, 0.5) is 0 Å². The molecule has 2 N–H and O–H groups in total. The monoisotopic (exact) mass is 311 g/mol. The number of benzene rings is 1. The minimum atomic E-state index is -0.797. The molecule has 1 aromatic rings. The molecule has 0 saturated heterocycles. The van der Waals surface area contributed by atoms with Crippen molar-refractivity contribution in [2.45, 2.75) is 26.8 Å². The first kappa shape index (κ1) is 18.1. The van der Waals surface area contributed by atoms with Crippen LogP contribution in [-0.2, 0) is 11.3 Å². The zero-order valence-corrected chi connectivity index (χ0v) is 13.9. The van der Waals surface area contributed by atoms with Crippen molar-refractivity contribution in [3.05, 3.63) is 17.7 Å². The number of rotatable bonds is 9. The smallest absolute Gasteiger partial charge is 0.309 e. The SMILES string of the molecule is COc1cc(OC)c(CNCCC(C)(C)C(=O)O)c(OC)c1. The zero-order chi connectivity index (χ0) is 16.8. The highest BCUT2D eigenvalue weighted by atomic mass is 16.5. The van der Waals surface area contributed by atoms with E-state index in [9.17, 15) is 4.79 Å². The molecule has 0 fully saturated rings. The maximum atomic E-state index is 11.1. The van der Waals surface area contributed by atoms with Gasteiger partial charge in [0.25, 0.3) is 0 Å². The van der Waals surface area contributed by atoms with Crippen LogP contribution in [0.15, 0.2) is 12.1 Å². The van der Waals surface area contributed by atoms with E-state index in [2.05, 4.69) is 5.32 Å². The minimum absolute atomic E-state index is 0.520. The Hall–Kier alpha value is -1.95. The summed E-state index contributed by atoms with van der Waals surface area (Å²) in [6.45, 7) is 4.53. The third kappa shape index (κ3) is 4.53. The van der Waals surface area contributed by atoms with Gasteiger partial charge in [-0.2, -0.15) is 0 Å². The van der Waals surface area contributed by atoms with E-state index in [0.29, 0.717) is 36.8 Å². The minimum Gasteiger partial charge on any atom is -0.496 e. The third-order valence-corrected chi connectivity index (χ3v) is 3.62. The molecule has 0 amide bonds. The van der Waals surface area contributed by atoms with Crippen LogP contribution in [0.3, 0.4) is 0 Å². The van der Waals surface area contributed by atoms with Crippen molar-refractivity contribution in [1.82, 2.24) is 5.32 Å². The number of hydrogen-bond acceptors (Lipinski definition) is 5. The van der Waals surface area contributed by atoms with E-state index >= 15 is 0 Å². The van der Waals surface area contributed by atoms with Gasteiger partial charge in [-0.05, 0) is 26.8 Å². The van der Waals surface area contributed by atoms with Crippen molar-refractivity contribution in [1.29, 1.82) is 0 Å². The number of hydrogen-bond donors (Lipinski definition) is 2. The van der Waals surface area contributed by atoms with Crippen LogP contribution in [0.1, 0.15) is 25.8 Å². The number of ether oxygens (including phenoxy) is 3. The van der Waals surface area contributed by atoms with Gasteiger partial charge in [0.1, 0.15) is 17.2 Å². The normalized spacial score (nSPS) is 11.1. The Bertz CT molecular complexity index is 488. The van der Waals surface area contributed by atoms with Gasteiger partial charge in [-0.25, -0.2) is 0 Å². The molecule has 0 spiro atoms. The van der Waals surface area contributed by atoms with Gasteiger partial charge in [0.15, 0.2) is 0 Å². The van der Waals surface area contributed by atoms with Gasteiger partial charge >= 0.3 is 5.97 Å². The van der Waals surface area contributed by atoms with E-state index in [1.165, 1.54) is 0 Å². The van der Waals surface area contributed by atoms with Gasteiger partial charge in [-0.1, -0.05) is 0 Å². The van der Waals surface area contributed by atoms with Crippen LogP contribution >= 0.6 is 0 Å². The van der Waals surface area contributed by atoms with Crippen molar-refractivity contribution in [3.63, 3.8) is 0 Å². The summed E-state index contributed by atoms with van der Waals surface area (Å²) >= 11 is 0. The highest BCUT2D eigenvalue weighted by Crippen LogP contribution is 2.33. The Morgan fingerprint density at radius 3 is 2.09 bits per heavy atom. The first-order valence-corrected chi connectivity index (χ1v) is 7.08. The maximum Gasteiger partial charge on any atom is 0.309 e. The molecule has 124 valence electrons. The highest BCUT2D eigenvalue weighted by molar-refractivity contribution is 5.73. The topological polar surface area (TPSA) is 77.0 Å². The molecule has 0 radical (unpaired) electrons. The Morgan fingerprint density at radius 1 is 1.14 bits per heavy atom. The Kier molecular flexibility index (Phi) is 6.49. The molecular weight excluding hydrogens is 286 g/mol.